The minimum atomic E-state index is -0.284. The predicted octanol–water partition coefficient (Wildman–Crippen LogP) is 3.04. The lowest BCUT2D eigenvalue weighted by Gasteiger charge is -2.11. The van der Waals surface area contributed by atoms with E-state index in [0.29, 0.717) is 19.0 Å². The Morgan fingerprint density at radius 2 is 1.50 bits per heavy atom. The molecule has 0 radical (unpaired) electrons. The summed E-state index contributed by atoms with van der Waals surface area (Å²) in [5.74, 6) is 1.59. The number of benzene rings is 2. The fourth-order valence-electron chi connectivity index (χ4n) is 2.71. The lowest BCUT2D eigenvalue weighted by molar-refractivity contribution is 0.0945. The third kappa shape index (κ3) is 4.76. The van der Waals surface area contributed by atoms with Gasteiger partial charge in [-0.3, -0.25) is 4.79 Å². The highest BCUT2D eigenvalue weighted by molar-refractivity contribution is 5.92. The molecule has 0 spiro atoms. The van der Waals surface area contributed by atoms with Gasteiger partial charge in [-0.25, -0.2) is 9.97 Å². The average Bonchev–Trinajstić information content (AvgIpc) is 2.76. The van der Waals surface area contributed by atoms with Crippen molar-refractivity contribution < 1.29 is 14.3 Å². The zero-order valence-corrected chi connectivity index (χ0v) is 15.8. The van der Waals surface area contributed by atoms with Gasteiger partial charge in [0, 0.05) is 30.4 Å². The van der Waals surface area contributed by atoms with E-state index in [1.54, 1.807) is 26.5 Å². The SMILES string of the molecule is COc1ccccc1CNC(=O)c1ccnc(NCc2ccccc2OC)n1. The fraction of sp³-hybridized carbons (Fsp3) is 0.190. The molecule has 28 heavy (non-hydrogen) atoms. The third-order valence-electron chi connectivity index (χ3n) is 4.15. The Balaban J connectivity index is 1.63. The largest absolute Gasteiger partial charge is 0.496 e. The summed E-state index contributed by atoms with van der Waals surface area (Å²) < 4.78 is 10.6. The number of carbonyl (C=O) groups is 1. The Bertz CT molecular complexity index is 946. The number of aromatic nitrogens is 2. The number of ether oxygens (including phenoxy) is 2. The van der Waals surface area contributed by atoms with E-state index in [-0.39, 0.29) is 11.6 Å². The third-order valence-corrected chi connectivity index (χ3v) is 4.15. The van der Waals surface area contributed by atoms with Gasteiger partial charge in [-0.2, -0.15) is 0 Å². The molecule has 7 heteroatoms. The van der Waals surface area contributed by atoms with E-state index in [0.717, 1.165) is 22.6 Å². The summed E-state index contributed by atoms with van der Waals surface area (Å²) in [6.07, 6.45) is 1.55. The van der Waals surface area contributed by atoms with Gasteiger partial charge in [0.25, 0.3) is 5.91 Å². The molecule has 0 bridgehead atoms. The quantitative estimate of drug-likeness (QED) is 0.627. The molecule has 0 aliphatic carbocycles. The minimum Gasteiger partial charge on any atom is -0.496 e. The molecule has 0 saturated heterocycles. The molecule has 0 fully saturated rings. The van der Waals surface area contributed by atoms with Crippen molar-refractivity contribution in [3.63, 3.8) is 0 Å². The Labute approximate surface area is 163 Å². The maximum Gasteiger partial charge on any atom is 0.270 e. The summed E-state index contributed by atoms with van der Waals surface area (Å²) in [4.78, 5) is 20.9. The molecule has 0 saturated carbocycles. The monoisotopic (exact) mass is 378 g/mol. The lowest BCUT2D eigenvalue weighted by atomic mass is 10.2. The van der Waals surface area contributed by atoms with E-state index in [1.807, 2.05) is 48.5 Å². The van der Waals surface area contributed by atoms with Crippen molar-refractivity contribution in [3.8, 4) is 11.5 Å². The first-order valence-corrected chi connectivity index (χ1v) is 8.80. The number of amides is 1. The van der Waals surface area contributed by atoms with Crippen molar-refractivity contribution in [2.45, 2.75) is 13.1 Å². The van der Waals surface area contributed by atoms with E-state index in [2.05, 4.69) is 20.6 Å². The Kier molecular flexibility index (Phi) is 6.41. The zero-order chi connectivity index (χ0) is 19.8. The maximum atomic E-state index is 12.5. The Hall–Kier alpha value is -3.61. The molecule has 0 aliphatic heterocycles. The lowest BCUT2D eigenvalue weighted by Crippen LogP contribution is -2.24. The van der Waals surface area contributed by atoms with Gasteiger partial charge in [0.1, 0.15) is 17.2 Å². The van der Waals surface area contributed by atoms with Crippen molar-refractivity contribution in [2.75, 3.05) is 19.5 Å². The number of rotatable bonds is 8. The number of hydrogen-bond acceptors (Lipinski definition) is 6. The standard InChI is InChI=1S/C21H22N4O3/c1-27-18-9-5-3-7-15(18)13-23-20(26)17-11-12-22-21(25-17)24-14-16-8-4-6-10-19(16)28-2/h3-12H,13-14H2,1-2H3,(H,23,26)(H,22,24,25). The van der Waals surface area contributed by atoms with Crippen molar-refractivity contribution in [1.29, 1.82) is 0 Å². The number of carbonyl (C=O) groups excluding carboxylic acids is 1. The number of anilines is 1. The molecule has 7 nitrogen and oxygen atoms in total. The summed E-state index contributed by atoms with van der Waals surface area (Å²) in [6.45, 7) is 0.827. The van der Waals surface area contributed by atoms with Crippen LogP contribution in [0.1, 0.15) is 21.6 Å². The first kappa shape index (κ1) is 19.2. The van der Waals surface area contributed by atoms with Crippen molar-refractivity contribution in [1.82, 2.24) is 15.3 Å². The highest BCUT2D eigenvalue weighted by Gasteiger charge is 2.10. The van der Waals surface area contributed by atoms with E-state index in [9.17, 15) is 4.79 Å². The molecule has 1 heterocycles. The molecule has 2 aromatic carbocycles. The summed E-state index contributed by atoms with van der Waals surface area (Å²) in [7, 11) is 3.23. The van der Waals surface area contributed by atoms with Crippen LogP contribution in [0.25, 0.3) is 0 Å². The van der Waals surface area contributed by atoms with Crippen LogP contribution >= 0.6 is 0 Å². The Morgan fingerprint density at radius 3 is 2.14 bits per heavy atom. The van der Waals surface area contributed by atoms with Crippen molar-refractivity contribution in [2.24, 2.45) is 0 Å². The number of methoxy groups -OCH3 is 2. The summed E-state index contributed by atoms with van der Waals surface area (Å²) in [5.41, 5.74) is 2.15. The van der Waals surface area contributed by atoms with Crippen LogP contribution in [-0.4, -0.2) is 30.1 Å². The Morgan fingerprint density at radius 1 is 0.893 bits per heavy atom. The second-order valence-electron chi connectivity index (χ2n) is 5.93. The minimum absolute atomic E-state index is 0.284. The van der Waals surface area contributed by atoms with Crippen LogP contribution in [0.5, 0.6) is 11.5 Å². The second-order valence-corrected chi connectivity index (χ2v) is 5.93. The van der Waals surface area contributed by atoms with Gasteiger partial charge < -0.3 is 20.1 Å². The van der Waals surface area contributed by atoms with Gasteiger partial charge in [-0.05, 0) is 18.2 Å². The van der Waals surface area contributed by atoms with Crippen LogP contribution in [0, 0.1) is 0 Å². The maximum absolute atomic E-state index is 12.5. The first-order valence-electron chi connectivity index (χ1n) is 8.80. The molecule has 0 unspecified atom stereocenters. The summed E-state index contributed by atoms with van der Waals surface area (Å²) in [6, 6.07) is 16.8. The van der Waals surface area contributed by atoms with E-state index >= 15 is 0 Å². The molecule has 144 valence electrons. The molecule has 0 atom stereocenters. The molecule has 0 aliphatic rings. The molecular weight excluding hydrogens is 356 g/mol. The van der Waals surface area contributed by atoms with Crippen LogP contribution in [0.2, 0.25) is 0 Å². The van der Waals surface area contributed by atoms with E-state index in [1.165, 1.54) is 0 Å². The molecule has 3 rings (SSSR count). The molecule has 1 amide bonds. The molecule has 2 N–H and O–H groups in total. The molecule has 3 aromatic rings. The fourth-order valence-corrected chi connectivity index (χ4v) is 2.71. The normalized spacial score (nSPS) is 10.2. The van der Waals surface area contributed by atoms with Crippen LogP contribution in [-0.2, 0) is 13.1 Å². The highest BCUT2D eigenvalue weighted by Crippen LogP contribution is 2.18. The zero-order valence-electron chi connectivity index (χ0n) is 15.8. The van der Waals surface area contributed by atoms with Gasteiger partial charge in [0.15, 0.2) is 0 Å². The molecule has 1 aromatic heterocycles. The van der Waals surface area contributed by atoms with Gasteiger partial charge in [0.05, 0.1) is 14.2 Å². The average molecular weight is 378 g/mol. The number of nitrogens with one attached hydrogen (secondary N) is 2. The number of para-hydroxylation sites is 2. The summed E-state index contributed by atoms with van der Waals surface area (Å²) in [5, 5.41) is 5.97. The predicted molar refractivity (Wildman–Crippen MR) is 107 cm³/mol. The van der Waals surface area contributed by atoms with Crippen LogP contribution < -0.4 is 20.1 Å². The van der Waals surface area contributed by atoms with Crippen molar-refractivity contribution >= 4 is 11.9 Å². The van der Waals surface area contributed by atoms with Gasteiger partial charge in [0.2, 0.25) is 5.95 Å². The summed E-state index contributed by atoms with van der Waals surface area (Å²) >= 11 is 0. The number of hydrogen-bond donors (Lipinski definition) is 2. The van der Waals surface area contributed by atoms with Gasteiger partial charge >= 0.3 is 0 Å². The topological polar surface area (TPSA) is 85.4 Å². The van der Waals surface area contributed by atoms with Crippen LogP contribution in [0.4, 0.5) is 5.95 Å². The smallest absolute Gasteiger partial charge is 0.270 e. The van der Waals surface area contributed by atoms with Gasteiger partial charge in [-0.1, -0.05) is 36.4 Å². The van der Waals surface area contributed by atoms with Crippen LogP contribution in [0.15, 0.2) is 60.8 Å². The van der Waals surface area contributed by atoms with Gasteiger partial charge in [-0.15, -0.1) is 0 Å². The van der Waals surface area contributed by atoms with E-state index in [4.69, 9.17) is 9.47 Å². The van der Waals surface area contributed by atoms with Crippen LogP contribution in [0.3, 0.4) is 0 Å². The number of nitrogens with zero attached hydrogens (tertiary/aromatic N) is 2. The van der Waals surface area contributed by atoms with Crippen molar-refractivity contribution in [3.05, 3.63) is 77.6 Å². The second kappa shape index (κ2) is 9.36. The highest BCUT2D eigenvalue weighted by atomic mass is 16.5. The molecular formula is C21H22N4O3. The van der Waals surface area contributed by atoms with E-state index < -0.39 is 0 Å². The first-order chi connectivity index (χ1) is 13.7.